The minimum absolute atomic E-state index is 0.120. The molecule has 2 aromatic rings. The Morgan fingerprint density at radius 1 is 1.04 bits per heavy atom. The van der Waals surface area contributed by atoms with Crippen molar-refractivity contribution in [2.45, 2.75) is 40.2 Å². The number of hydrogen-bond donors (Lipinski definition) is 1. The van der Waals surface area contributed by atoms with E-state index in [1.807, 2.05) is 19.1 Å². The molecule has 1 saturated heterocycles. The van der Waals surface area contributed by atoms with E-state index in [1.165, 1.54) is 16.7 Å². The van der Waals surface area contributed by atoms with Gasteiger partial charge in [0.1, 0.15) is 0 Å². The fourth-order valence-corrected chi connectivity index (χ4v) is 3.61. The zero-order valence-corrected chi connectivity index (χ0v) is 15.5. The van der Waals surface area contributed by atoms with E-state index in [-0.39, 0.29) is 11.8 Å². The van der Waals surface area contributed by atoms with E-state index in [0.29, 0.717) is 0 Å². The zero-order valence-electron chi connectivity index (χ0n) is 15.5. The van der Waals surface area contributed by atoms with Crippen molar-refractivity contribution in [3.8, 4) is 0 Å². The number of anilines is 1. The highest BCUT2D eigenvalue weighted by atomic mass is 16.1. The fourth-order valence-electron chi connectivity index (χ4n) is 3.61. The predicted molar refractivity (Wildman–Crippen MR) is 104 cm³/mol. The van der Waals surface area contributed by atoms with Crippen LogP contribution in [0.5, 0.6) is 0 Å². The summed E-state index contributed by atoms with van der Waals surface area (Å²) >= 11 is 0. The molecule has 3 heteroatoms. The van der Waals surface area contributed by atoms with Crippen LogP contribution in [-0.4, -0.2) is 23.9 Å². The number of nitrogens with one attached hydrogen (secondary N) is 1. The summed E-state index contributed by atoms with van der Waals surface area (Å²) in [5.74, 6) is 0.289. The molecule has 1 aliphatic rings. The number of nitrogens with zero attached hydrogens (tertiary/aromatic N) is 1. The summed E-state index contributed by atoms with van der Waals surface area (Å²) in [6.45, 7) is 9.20. The highest BCUT2D eigenvalue weighted by Gasteiger charge is 2.25. The second-order valence-corrected chi connectivity index (χ2v) is 7.35. The minimum atomic E-state index is 0.120. The molecule has 0 aliphatic carbocycles. The van der Waals surface area contributed by atoms with Gasteiger partial charge in [-0.05, 0) is 63.9 Å². The van der Waals surface area contributed by atoms with Crippen LogP contribution in [0.2, 0.25) is 0 Å². The van der Waals surface area contributed by atoms with E-state index in [9.17, 15) is 4.79 Å². The number of carbonyl (C=O) groups is 1. The number of piperidine rings is 1. The van der Waals surface area contributed by atoms with Gasteiger partial charge < -0.3 is 5.32 Å². The van der Waals surface area contributed by atoms with Crippen LogP contribution in [0, 0.1) is 26.7 Å². The van der Waals surface area contributed by atoms with Crippen molar-refractivity contribution in [3.63, 3.8) is 0 Å². The van der Waals surface area contributed by atoms with Crippen molar-refractivity contribution >= 4 is 11.6 Å². The number of aryl methyl sites for hydroxylation is 3. The van der Waals surface area contributed by atoms with Crippen molar-refractivity contribution in [2.75, 3.05) is 18.4 Å². The predicted octanol–water partition coefficient (Wildman–Crippen LogP) is 4.46. The van der Waals surface area contributed by atoms with Crippen LogP contribution < -0.4 is 5.32 Å². The Bertz CT molecular complexity index is 745. The Morgan fingerprint density at radius 3 is 2.44 bits per heavy atom. The lowest BCUT2D eigenvalue weighted by atomic mass is 9.95. The van der Waals surface area contributed by atoms with Gasteiger partial charge >= 0.3 is 0 Å². The van der Waals surface area contributed by atoms with Crippen molar-refractivity contribution in [1.82, 2.24) is 4.90 Å². The molecule has 1 amide bonds. The average molecular weight is 336 g/mol. The van der Waals surface area contributed by atoms with Gasteiger partial charge in [-0.15, -0.1) is 0 Å². The molecule has 0 radical (unpaired) electrons. The molecule has 0 aromatic heterocycles. The first-order valence-corrected chi connectivity index (χ1v) is 9.17. The molecule has 0 bridgehead atoms. The normalized spacial score (nSPS) is 16.0. The molecule has 132 valence electrons. The number of hydrogen-bond acceptors (Lipinski definition) is 2. The van der Waals surface area contributed by atoms with Gasteiger partial charge in [0, 0.05) is 18.2 Å². The van der Waals surface area contributed by atoms with Gasteiger partial charge in [0.05, 0.1) is 0 Å². The van der Waals surface area contributed by atoms with Crippen molar-refractivity contribution in [2.24, 2.45) is 5.92 Å². The van der Waals surface area contributed by atoms with Crippen LogP contribution in [0.25, 0.3) is 0 Å². The molecular weight excluding hydrogens is 308 g/mol. The van der Waals surface area contributed by atoms with E-state index in [2.05, 4.69) is 54.4 Å². The van der Waals surface area contributed by atoms with Gasteiger partial charge in [-0.1, -0.05) is 47.5 Å². The highest BCUT2D eigenvalue weighted by molar-refractivity contribution is 5.93. The summed E-state index contributed by atoms with van der Waals surface area (Å²) < 4.78 is 0. The molecule has 3 nitrogen and oxygen atoms in total. The first-order valence-electron chi connectivity index (χ1n) is 9.17. The van der Waals surface area contributed by atoms with Gasteiger partial charge in [0.2, 0.25) is 5.91 Å². The molecule has 0 atom stereocenters. The van der Waals surface area contributed by atoms with E-state index >= 15 is 0 Å². The highest BCUT2D eigenvalue weighted by Crippen LogP contribution is 2.23. The Balaban J connectivity index is 1.52. The van der Waals surface area contributed by atoms with Gasteiger partial charge in [0.25, 0.3) is 0 Å². The van der Waals surface area contributed by atoms with E-state index in [0.717, 1.165) is 43.7 Å². The molecular formula is C22H28N2O. The molecule has 1 heterocycles. The molecule has 2 aromatic carbocycles. The van der Waals surface area contributed by atoms with Crippen molar-refractivity contribution in [3.05, 3.63) is 64.7 Å². The number of carbonyl (C=O) groups excluding carboxylic acids is 1. The molecule has 0 saturated carbocycles. The van der Waals surface area contributed by atoms with E-state index in [1.54, 1.807) is 0 Å². The van der Waals surface area contributed by atoms with Crippen LogP contribution in [0.1, 0.15) is 35.1 Å². The first kappa shape index (κ1) is 17.7. The van der Waals surface area contributed by atoms with Crippen molar-refractivity contribution in [1.29, 1.82) is 0 Å². The molecule has 1 N–H and O–H groups in total. The van der Waals surface area contributed by atoms with Crippen LogP contribution in [0.15, 0.2) is 42.5 Å². The van der Waals surface area contributed by atoms with Crippen LogP contribution in [0.3, 0.4) is 0 Å². The number of benzene rings is 2. The quantitative estimate of drug-likeness (QED) is 0.894. The molecule has 0 spiro atoms. The summed E-state index contributed by atoms with van der Waals surface area (Å²) in [5, 5.41) is 3.12. The van der Waals surface area contributed by atoms with Gasteiger partial charge in [-0.2, -0.15) is 0 Å². The lowest BCUT2D eigenvalue weighted by Crippen LogP contribution is -2.37. The topological polar surface area (TPSA) is 32.3 Å². The van der Waals surface area contributed by atoms with E-state index in [4.69, 9.17) is 0 Å². The van der Waals surface area contributed by atoms with Gasteiger partial charge in [-0.3, -0.25) is 9.69 Å². The summed E-state index contributed by atoms with van der Waals surface area (Å²) in [5.41, 5.74) is 5.96. The smallest absolute Gasteiger partial charge is 0.227 e. The van der Waals surface area contributed by atoms with Crippen LogP contribution >= 0.6 is 0 Å². The third-order valence-electron chi connectivity index (χ3n) is 5.09. The third kappa shape index (κ3) is 4.70. The Kier molecular flexibility index (Phi) is 5.54. The Morgan fingerprint density at radius 2 is 1.76 bits per heavy atom. The number of rotatable bonds is 4. The number of amides is 1. The Hall–Kier alpha value is -2.13. The third-order valence-corrected chi connectivity index (χ3v) is 5.09. The van der Waals surface area contributed by atoms with Crippen LogP contribution in [-0.2, 0) is 11.3 Å². The summed E-state index contributed by atoms with van der Waals surface area (Å²) in [7, 11) is 0. The monoisotopic (exact) mass is 336 g/mol. The lowest BCUT2D eigenvalue weighted by molar-refractivity contribution is -0.121. The van der Waals surface area contributed by atoms with Gasteiger partial charge in [0.15, 0.2) is 0 Å². The SMILES string of the molecule is Cc1cccc(CN2CCC(C(=O)Nc3ccc(C)cc3C)CC2)c1. The lowest BCUT2D eigenvalue weighted by Gasteiger charge is -2.31. The zero-order chi connectivity index (χ0) is 17.8. The maximum absolute atomic E-state index is 12.6. The second-order valence-electron chi connectivity index (χ2n) is 7.35. The largest absolute Gasteiger partial charge is 0.326 e. The second kappa shape index (κ2) is 7.83. The molecule has 1 aliphatic heterocycles. The average Bonchev–Trinajstić information content (AvgIpc) is 2.58. The maximum atomic E-state index is 12.6. The van der Waals surface area contributed by atoms with Crippen LogP contribution in [0.4, 0.5) is 5.69 Å². The first-order chi connectivity index (χ1) is 12.0. The van der Waals surface area contributed by atoms with E-state index < -0.39 is 0 Å². The number of likely N-dealkylation sites (tertiary alicyclic amines) is 1. The fraction of sp³-hybridized carbons (Fsp3) is 0.409. The molecule has 3 rings (SSSR count). The van der Waals surface area contributed by atoms with Crippen molar-refractivity contribution < 1.29 is 4.79 Å². The standard InChI is InChI=1S/C22H28N2O/c1-16-5-4-6-19(14-16)15-24-11-9-20(10-12-24)22(25)23-21-8-7-17(2)13-18(21)3/h4-8,13-14,20H,9-12,15H2,1-3H3,(H,23,25). The molecule has 0 unspecified atom stereocenters. The summed E-state index contributed by atoms with van der Waals surface area (Å²) in [4.78, 5) is 15.0. The Labute approximate surface area is 151 Å². The minimum Gasteiger partial charge on any atom is -0.326 e. The maximum Gasteiger partial charge on any atom is 0.227 e. The molecule has 25 heavy (non-hydrogen) atoms. The summed E-state index contributed by atoms with van der Waals surface area (Å²) in [6.07, 6.45) is 1.87. The summed E-state index contributed by atoms with van der Waals surface area (Å²) in [6, 6.07) is 14.9. The molecule has 1 fully saturated rings. The van der Waals surface area contributed by atoms with Gasteiger partial charge in [-0.25, -0.2) is 0 Å².